The fourth-order valence-corrected chi connectivity index (χ4v) is 1.05. The lowest BCUT2D eigenvalue weighted by Gasteiger charge is -1.79. The molecule has 0 aliphatic rings. The van der Waals surface area contributed by atoms with Gasteiger partial charge in [-0.25, -0.2) is 9.78 Å². The topological polar surface area (TPSA) is 99.0 Å². The number of hydrogen-bond acceptors (Lipinski definition) is 4. The van der Waals surface area contributed by atoms with Crippen molar-refractivity contribution in [1.29, 1.82) is 0 Å². The second kappa shape index (κ2) is 3.00. The fraction of sp³-hybridized carbons (Fsp3) is 0. The molecular weight excluding hydrogens is 168 g/mol. The van der Waals surface area contributed by atoms with Gasteiger partial charge in [0.2, 0.25) is 0 Å². The van der Waals surface area contributed by atoms with Crippen molar-refractivity contribution in [3.05, 3.63) is 21.5 Å². The summed E-state index contributed by atoms with van der Waals surface area (Å²) in [6.45, 7) is 0. The Kier molecular flexibility index (Phi) is 2.05. The van der Waals surface area contributed by atoms with Crippen LogP contribution in [0.1, 0.15) is 10.5 Å². The first-order valence-corrected chi connectivity index (χ1v) is 3.36. The number of aromatic carboxylic acids is 1. The Labute approximate surface area is 64.7 Å². The molecule has 11 heavy (non-hydrogen) atoms. The van der Waals surface area contributed by atoms with Gasteiger partial charge in [0, 0.05) is 10.3 Å². The van der Waals surface area contributed by atoms with Crippen LogP contribution in [0.5, 0.6) is 0 Å². The van der Waals surface area contributed by atoms with Crippen molar-refractivity contribution >= 4 is 22.4 Å². The first kappa shape index (κ1) is 7.52. The van der Waals surface area contributed by atoms with E-state index in [1.54, 1.807) is 0 Å². The Morgan fingerprint density at radius 2 is 2.64 bits per heavy atom. The SMILES string of the molecule is [N-]=[N+]=Nc1nc(C(=O)O)cs1. The van der Waals surface area contributed by atoms with Crippen molar-refractivity contribution in [1.82, 2.24) is 4.98 Å². The van der Waals surface area contributed by atoms with E-state index < -0.39 is 5.97 Å². The van der Waals surface area contributed by atoms with Gasteiger partial charge in [-0.1, -0.05) is 0 Å². The predicted molar refractivity (Wildman–Crippen MR) is 37.9 cm³/mol. The van der Waals surface area contributed by atoms with Gasteiger partial charge in [0.05, 0.1) is 0 Å². The van der Waals surface area contributed by atoms with Crippen molar-refractivity contribution in [3.63, 3.8) is 0 Å². The molecule has 0 aliphatic heterocycles. The van der Waals surface area contributed by atoms with Crippen LogP contribution in [-0.2, 0) is 0 Å². The van der Waals surface area contributed by atoms with Gasteiger partial charge in [0.25, 0.3) is 0 Å². The molecule has 6 nitrogen and oxygen atoms in total. The van der Waals surface area contributed by atoms with Crippen LogP contribution in [0, 0.1) is 0 Å². The van der Waals surface area contributed by atoms with Crippen molar-refractivity contribution in [3.8, 4) is 0 Å². The molecule has 7 heteroatoms. The van der Waals surface area contributed by atoms with Crippen molar-refractivity contribution in [2.45, 2.75) is 0 Å². The minimum Gasteiger partial charge on any atom is -0.476 e. The van der Waals surface area contributed by atoms with Crippen LogP contribution in [-0.4, -0.2) is 16.1 Å². The highest BCUT2D eigenvalue weighted by atomic mass is 32.1. The van der Waals surface area contributed by atoms with Crippen LogP contribution >= 0.6 is 11.3 Å². The minimum atomic E-state index is -1.12. The third-order valence-electron chi connectivity index (χ3n) is 0.841. The normalized spacial score (nSPS) is 8.73. The third kappa shape index (κ3) is 1.66. The Balaban J connectivity index is 2.99. The highest BCUT2D eigenvalue weighted by Crippen LogP contribution is 2.18. The summed E-state index contributed by atoms with van der Waals surface area (Å²) < 4.78 is 0. The van der Waals surface area contributed by atoms with Crippen LogP contribution in [0.15, 0.2) is 10.5 Å². The van der Waals surface area contributed by atoms with Gasteiger partial charge in [-0.15, -0.1) is 11.3 Å². The van der Waals surface area contributed by atoms with Gasteiger partial charge >= 0.3 is 5.97 Å². The first-order chi connectivity index (χ1) is 5.24. The molecule has 0 amide bonds. The summed E-state index contributed by atoms with van der Waals surface area (Å²) in [5, 5.41) is 12.9. The molecule has 0 aromatic carbocycles. The van der Waals surface area contributed by atoms with Gasteiger partial charge in [-0.2, -0.15) is 0 Å². The molecule has 1 aromatic heterocycles. The number of hydrogen-bond donors (Lipinski definition) is 1. The number of carboxylic acid groups (broad SMARTS) is 1. The van der Waals surface area contributed by atoms with Gasteiger partial charge in [0.15, 0.2) is 10.8 Å². The summed E-state index contributed by atoms with van der Waals surface area (Å²) in [4.78, 5) is 16.2. The molecular formula is C4H2N4O2S. The molecule has 0 bridgehead atoms. The van der Waals surface area contributed by atoms with E-state index in [9.17, 15) is 4.79 Å². The lowest BCUT2D eigenvalue weighted by Crippen LogP contribution is -1.94. The van der Waals surface area contributed by atoms with E-state index >= 15 is 0 Å². The fourth-order valence-electron chi connectivity index (χ4n) is 0.447. The van der Waals surface area contributed by atoms with Crippen LogP contribution in [0.4, 0.5) is 5.13 Å². The smallest absolute Gasteiger partial charge is 0.355 e. The maximum absolute atomic E-state index is 10.2. The number of carboxylic acids is 1. The molecule has 56 valence electrons. The summed E-state index contributed by atoms with van der Waals surface area (Å²) >= 11 is 0.990. The van der Waals surface area contributed by atoms with Crippen LogP contribution < -0.4 is 0 Å². The third-order valence-corrected chi connectivity index (χ3v) is 1.57. The molecule has 1 aromatic rings. The average Bonchev–Trinajstić information content (AvgIpc) is 2.37. The quantitative estimate of drug-likeness (QED) is 0.416. The highest BCUT2D eigenvalue weighted by Gasteiger charge is 2.06. The van der Waals surface area contributed by atoms with E-state index in [-0.39, 0.29) is 10.8 Å². The molecule has 0 atom stereocenters. The number of aromatic nitrogens is 1. The number of thiazole rings is 1. The zero-order valence-electron chi connectivity index (χ0n) is 5.13. The summed E-state index contributed by atoms with van der Waals surface area (Å²) in [5.74, 6) is -1.12. The van der Waals surface area contributed by atoms with Gasteiger partial charge in [0.1, 0.15) is 0 Å². The Morgan fingerprint density at radius 1 is 1.91 bits per heavy atom. The average molecular weight is 170 g/mol. The summed E-state index contributed by atoms with van der Waals surface area (Å²) in [7, 11) is 0. The largest absolute Gasteiger partial charge is 0.476 e. The van der Waals surface area contributed by atoms with E-state index in [1.165, 1.54) is 5.38 Å². The minimum absolute atomic E-state index is 0.0996. The molecule has 0 saturated heterocycles. The van der Waals surface area contributed by atoms with Crippen molar-refractivity contribution in [2.75, 3.05) is 0 Å². The van der Waals surface area contributed by atoms with Gasteiger partial charge in [-0.05, 0) is 10.6 Å². The Bertz CT molecular complexity index is 310. The number of nitrogens with zero attached hydrogens (tertiary/aromatic N) is 4. The van der Waals surface area contributed by atoms with E-state index in [0.717, 1.165) is 11.3 Å². The molecule has 0 spiro atoms. The standard InChI is InChI=1S/C4H2N4O2S/c5-8-7-4-6-2(1-11-4)3(9)10/h1H,(H,9,10). The molecule has 0 fully saturated rings. The molecule has 0 aliphatic carbocycles. The summed E-state index contributed by atoms with van der Waals surface area (Å²) in [5.41, 5.74) is 7.85. The van der Waals surface area contributed by atoms with E-state index in [2.05, 4.69) is 15.0 Å². The summed E-state index contributed by atoms with van der Waals surface area (Å²) in [6, 6.07) is 0. The number of azide groups is 1. The lowest BCUT2D eigenvalue weighted by molar-refractivity contribution is 0.0691. The van der Waals surface area contributed by atoms with Crippen molar-refractivity contribution in [2.24, 2.45) is 5.11 Å². The zero-order valence-corrected chi connectivity index (χ0v) is 5.95. The maximum Gasteiger partial charge on any atom is 0.355 e. The highest BCUT2D eigenvalue weighted by molar-refractivity contribution is 7.13. The Morgan fingerprint density at radius 3 is 3.09 bits per heavy atom. The zero-order chi connectivity index (χ0) is 8.27. The molecule has 0 radical (unpaired) electrons. The molecule has 1 rings (SSSR count). The van der Waals surface area contributed by atoms with Gasteiger partial charge in [-0.3, -0.25) is 0 Å². The van der Waals surface area contributed by atoms with E-state index in [0.29, 0.717) is 0 Å². The van der Waals surface area contributed by atoms with Crippen LogP contribution in [0.25, 0.3) is 10.4 Å². The summed E-state index contributed by atoms with van der Waals surface area (Å²) in [6.07, 6.45) is 0. The number of carbonyl (C=O) groups is 1. The molecule has 0 saturated carbocycles. The predicted octanol–water partition coefficient (Wildman–Crippen LogP) is 1.78. The molecule has 0 unspecified atom stereocenters. The second-order valence-corrected chi connectivity index (χ2v) is 2.35. The van der Waals surface area contributed by atoms with Crippen molar-refractivity contribution < 1.29 is 9.90 Å². The van der Waals surface area contributed by atoms with E-state index in [4.69, 9.17) is 10.6 Å². The maximum atomic E-state index is 10.2. The Hall–Kier alpha value is -1.59. The van der Waals surface area contributed by atoms with Gasteiger partial charge < -0.3 is 5.11 Å². The molecule has 1 N–H and O–H groups in total. The van der Waals surface area contributed by atoms with Crippen LogP contribution in [0.2, 0.25) is 0 Å². The number of rotatable bonds is 2. The van der Waals surface area contributed by atoms with Crippen LogP contribution in [0.3, 0.4) is 0 Å². The first-order valence-electron chi connectivity index (χ1n) is 2.48. The van der Waals surface area contributed by atoms with E-state index in [1.807, 2.05) is 0 Å². The molecule has 1 heterocycles. The lowest BCUT2D eigenvalue weighted by atomic mass is 10.5. The second-order valence-electron chi connectivity index (χ2n) is 1.51. The monoisotopic (exact) mass is 170 g/mol.